The Hall–Kier alpha value is -2.64. The minimum Gasteiger partial charge on any atom is -0.275 e. The quantitative estimate of drug-likeness (QED) is 0.0704. The molecule has 2 aliphatic carbocycles. The maximum atomic E-state index is 4.03. The van der Waals surface area contributed by atoms with Crippen LogP contribution in [-0.2, 0) is 12.6 Å². The van der Waals surface area contributed by atoms with Gasteiger partial charge >= 0.3 is 5.96 Å². The van der Waals surface area contributed by atoms with Crippen LogP contribution in [0.5, 0.6) is 0 Å². The van der Waals surface area contributed by atoms with Gasteiger partial charge < -0.3 is 0 Å². The van der Waals surface area contributed by atoms with Gasteiger partial charge in [-0.1, -0.05) is 151 Å². The molecular weight excluding hydrogens is 626 g/mol. The normalized spacial score (nSPS) is 17.4. The second-order valence-corrected chi connectivity index (χ2v) is 20.1. The average Bonchev–Trinajstić information content (AvgIpc) is 3.15. The van der Waals surface area contributed by atoms with E-state index in [0.717, 1.165) is 12.4 Å². The fraction of sp³-hybridized carbons (Fsp3) is 0.587. The highest BCUT2D eigenvalue weighted by molar-refractivity contribution is 7.75. The molecule has 3 N–H and O–H groups in total. The molecule has 272 valence electrons. The van der Waals surface area contributed by atoms with E-state index in [2.05, 4.69) is 115 Å². The van der Waals surface area contributed by atoms with E-state index in [9.17, 15) is 0 Å². The van der Waals surface area contributed by atoms with Crippen molar-refractivity contribution in [2.24, 2.45) is 0 Å². The van der Waals surface area contributed by atoms with Crippen LogP contribution in [0, 0.1) is 0 Å². The largest absolute Gasteiger partial charge is 0.344 e. The zero-order valence-corrected chi connectivity index (χ0v) is 32.9. The highest BCUT2D eigenvalue weighted by Crippen LogP contribution is 2.63. The van der Waals surface area contributed by atoms with E-state index < -0.39 is 7.26 Å². The summed E-state index contributed by atoms with van der Waals surface area (Å²) in [6, 6.07) is 26.7. The number of guanidine groups is 1. The van der Waals surface area contributed by atoms with Gasteiger partial charge in [-0.3, -0.25) is 15.6 Å². The zero-order chi connectivity index (χ0) is 34.9. The van der Waals surface area contributed by atoms with Gasteiger partial charge in [-0.15, -0.1) is 0 Å². The summed E-state index contributed by atoms with van der Waals surface area (Å²) >= 11 is 0. The van der Waals surface area contributed by atoms with Crippen LogP contribution in [0.4, 0.5) is 0 Å². The molecule has 5 rings (SSSR count). The van der Waals surface area contributed by atoms with Gasteiger partial charge in [0, 0.05) is 13.7 Å². The van der Waals surface area contributed by atoms with Crippen molar-refractivity contribution in [3.63, 3.8) is 0 Å². The highest BCUT2D eigenvalue weighted by Gasteiger charge is 2.35. The smallest absolute Gasteiger partial charge is 0.275 e. The minimum absolute atomic E-state index is 0.175. The third-order valence-corrected chi connectivity index (χ3v) is 16.3. The summed E-state index contributed by atoms with van der Waals surface area (Å²) in [6.07, 6.45) is 32.9. The minimum atomic E-state index is -0.962. The predicted molar refractivity (Wildman–Crippen MR) is 223 cm³/mol. The van der Waals surface area contributed by atoms with Crippen molar-refractivity contribution in [1.82, 2.24) is 10.6 Å². The van der Waals surface area contributed by atoms with E-state index in [0.29, 0.717) is 12.1 Å². The van der Waals surface area contributed by atoms with Crippen molar-refractivity contribution in [1.29, 1.82) is 0 Å². The SMILES string of the molecule is CCCC[P+](CCCC)(CCCC)Cc1ccc(/C=C/[C@H](Cc2ccc3ccccc3c2)NC(NC2CCCCC2)=[NH+]C2CCCCC2)cc1. The fourth-order valence-corrected chi connectivity index (χ4v) is 13.5. The molecule has 0 radical (unpaired) electrons. The fourth-order valence-electron chi connectivity index (χ4n) is 8.40. The Balaban J connectivity index is 1.36. The van der Waals surface area contributed by atoms with Gasteiger partial charge in [0.15, 0.2) is 0 Å². The van der Waals surface area contributed by atoms with Crippen molar-refractivity contribution >= 4 is 30.1 Å². The van der Waals surface area contributed by atoms with Gasteiger partial charge in [0.05, 0.1) is 42.8 Å². The third kappa shape index (κ3) is 12.5. The molecule has 3 aromatic carbocycles. The average molecular weight is 696 g/mol. The van der Waals surface area contributed by atoms with Gasteiger partial charge in [-0.25, -0.2) is 0 Å². The Bertz CT molecular complexity index is 1430. The van der Waals surface area contributed by atoms with E-state index in [1.807, 2.05) is 0 Å². The van der Waals surface area contributed by atoms with Gasteiger partial charge in [0.2, 0.25) is 0 Å². The van der Waals surface area contributed by atoms with Gasteiger partial charge in [-0.05, 0) is 78.5 Å². The third-order valence-electron chi connectivity index (χ3n) is 11.5. The molecule has 0 spiro atoms. The second kappa shape index (κ2) is 21.0. The van der Waals surface area contributed by atoms with Crippen LogP contribution in [0.25, 0.3) is 16.8 Å². The van der Waals surface area contributed by atoms with Crippen LogP contribution in [-0.4, -0.2) is 42.6 Å². The van der Waals surface area contributed by atoms with Crippen molar-refractivity contribution in [3.8, 4) is 0 Å². The first-order chi connectivity index (χ1) is 24.6. The summed E-state index contributed by atoms with van der Waals surface area (Å²) in [6.45, 7) is 7.11. The molecule has 1 atom stereocenters. The Labute approximate surface area is 306 Å². The molecule has 2 aliphatic rings. The van der Waals surface area contributed by atoms with Crippen LogP contribution >= 0.6 is 7.26 Å². The molecule has 50 heavy (non-hydrogen) atoms. The summed E-state index contributed by atoms with van der Waals surface area (Å²) < 4.78 is 0. The van der Waals surface area contributed by atoms with E-state index in [1.54, 1.807) is 5.56 Å². The van der Waals surface area contributed by atoms with E-state index >= 15 is 0 Å². The molecule has 2 fully saturated rings. The molecule has 4 heteroatoms. The summed E-state index contributed by atoms with van der Waals surface area (Å²) in [5.74, 6) is 1.15. The maximum Gasteiger partial charge on any atom is 0.344 e. The first-order valence-electron chi connectivity index (χ1n) is 20.8. The first kappa shape index (κ1) is 38.6. The number of nitrogens with one attached hydrogen (secondary N) is 3. The number of unbranched alkanes of at least 4 members (excludes halogenated alkanes) is 3. The molecule has 3 aromatic rings. The summed E-state index contributed by atoms with van der Waals surface area (Å²) in [7, 11) is -0.962. The van der Waals surface area contributed by atoms with Crippen LogP contribution < -0.4 is 15.6 Å². The maximum absolute atomic E-state index is 4.03. The van der Waals surface area contributed by atoms with Crippen molar-refractivity contribution in [2.75, 3.05) is 18.5 Å². The molecular formula is C46H70N3P+2. The Morgan fingerprint density at radius 2 is 1.32 bits per heavy atom. The van der Waals surface area contributed by atoms with Crippen LogP contribution in [0.15, 0.2) is 72.8 Å². The van der Waals surface area contributed by atoms with Crippen LogP contribution in [0.1, 0.15) is 140 Å². The lowest BCUT2D eigenvalue weighted by Crippen LogP contribution is -2.86. The molecule has 0 aliphatic heterocycles. The standard InChI is InChI=1S/C46H69N3P/c1-4-7-32-50(33-8-5-2,34-9-6-3)37-39-26-24-38(25-27-39)29-31-45(36-40-28-30-41-18-16-17-19-42(41)35-40)49-46(47-43-20-12-10-13-21-43)48-44-22-14-11-15-23-44/h16-19,24-31,35,43-45H,4-15,20-23,32-34,36-37H2,1-3H3,(H2,47,48,49)/q+1/p+1/b31-29+/t45-/m1/s1. The van der Waals surface area contributed by atoms with Crippen molar-refractivity contribution in [3.05, 3.63) is 89.5 Å². The number of rotatable bonds is 18. The number of hydrogen-bond acceptors (Lipinski definition) is 0. The Kier molecular flexibility index (Phi) is 16.2. The van der Waals surface area contributed by atoms with Crippen molar-refractivity contribution < 1.29 is 4.99 Å². The lowest BCUT2D eigenvalue weighted by molar-refractivity contribution is -0.512. The number of hydrogen-bond donors (Lipinski definition) is 3. The van der Waals surface area contributed by atoms with Gasteiger partial charge in [-0.2, -0.15) is 0 Å². The van der Waals surface area contributed by atoms with Gasteiger partial charge in [0.25, 0.3) is 0 Å². The lowest BCUT2D eigenvalue weighted by Gasteiger charge is -2.28. The second-order valence-electron chi connectivity index (χ2n) is 15.8. The molecule has 0 saturated heterocycles. The molecule has 0 amide bonds. The Morgan fingerprint density at radius 3 is 1.96 bits per heavy atom. The Morgan fingerprint density at radius 1 is 0.720 bits per heavy atom. The van der Waals surface area contributed by atoms with Gasteiger partial charge in [0.1, 0.15) is 0 Å². The number of benzene rings is 3. The molecule has 0 heterocycles. The molecule has 0 unspecified atom stereocenters. The molecule has 3 nitrogen and oxygen atoms in total. The lowest BCUT2D eigenvalue weighted by atomic mass is 9.95. The molecule has 2 saturated carbocycles. The van der Waals surface area contributed by atoms with E-state index in [-0.39, 0.29) is 6.04 Å². The summed E-state index contributed by atoms with van der Waals surface area (Å²) in [5, 5.41) is 10.6. The van der Waals surface area contributed by atoms with Crippen LogP contribution in [0.2, 0.25) is 0 Å². The highest BCUT2D eigenvalue weighted by atomic mass is 31.2. The molecule has 0 aromatic heterocycles. The van der Waals surface area contributed by atoms with E-state index in [4.69, 9.17) is 0 Å². The zero-order valence-electron chi connectivity index (χ0n) is 32.0. The first-order valence-corrected chi connectivity index (χ1v) is 23.4. The number of fused-ring (bicyclic) bond motifs is 1. The topological polar surface area (TPSA) is 38.0 Å². The van der Waals surface area contributed by atoms with Crippen LogP contribution in [0.3, 0.4) is 0 Å². The predicted octanol–water partition coefficient (Wildman–Crippen LogP) is 10.7. The summed E-state index contributed by atoms with van der Waals surface area (Å²) in [5.41, 5.74) is 4.25. The monoisotopic (exact) mass is 696 g/mol. The molecule has 0 bridgehead atoms. The van der Waals surface area contributed by atoms with E-state index in [1.165, 1.54) is 149 Å². The van der Waals surface area contributed by atoms with Crippen molar-refractivity contribution in [2.45, 2.75) is 154 Å². The summed E-state index contributed by atoms with van der Waals surface area (Å²) in [4.78, 5) is 3.98.